The first-order valence-electron chi connectivity index (χ1n) is 13.8. The molecule has 0 radical (unpaired) electrons. The first-order chi connectivity index (χ1) is 19.7. The number of aliphatic carboxylic acids is 1. The Labute approximate surface area is 245 Å². The quantitative estimate of drug-likeness (QED) is 0.409. The number of carboxylic acid groups (broad SMARTS) is 1. The van der Waals surface area contributed by atoms with Crippen LogP contribution < -0.4 is 14.8 Å². The summed E-state index contributed by atoms with van der Waals surface area (Å²) in [4.78, 5) is 49.4. The molecule has 0 bridgehead atoms. The second-order valence-corrected chi connectivity index (χ2v) is 12.4. The largest absolute Gasteiger partial charge is 0.497 e. The smallest absolute Gasteiger partial charge is 0.408 e. The number of alkyl carbamates (subject to hydrolysis) is 1. The molecule has 2 aromatic carbocycles. The third kappa shape index (κ3) is 7.07. The molecular weight excluding hydrogens is 540 g/mol. The van der Waals surface area contributed by atoms with Crippen LogP contribution in [0.5, 0.6) is 11.6 Å². The number of nitrogens with one attached hydrogen (secondary N) is 1. The highest BCUT2D eigenvalue weighted by molar-refractivity contribution is 5.91. The fourth-order valence-electron chi connectivity index (χ4n) is 4.77. The average molecular weight is 579 g/mol. The second kappa shape index (κ2) is 11.8. The number of carbonyl (C=O) groups is 3. The Morgan fingerprint density at radius 2 is 1.71 bits per heavy atom. The summed E-state index contributed by atoms with van der Waals surface area (Å²) in [6, 6.07) is 12.6. The maximum Gasteiger partial charge on any atom is 0.408 e. The molecule has 1 aliphatic rings. The van der Waals surface area contributed by atoms with Crippen molar-refractivity contribution in [2.45, 2.75) is 71.8 Å². The van der Waals surface area contributed by atoms with Crippen molar-refractivity contribution in [2.24, 2.45) is 5.41 Å². The zero-order valence-corrected chi connectivity index (χ0v) is 25.0. The van der Waals surface area contributed by atoms with Crippen LogP contribution in [0.1, 0.15) is 48.0 Å². The van der Waals surface area contributed by atoms with E-state index in [1.165, 1.54) is 4.90 Å². The number of likely N-dealkylation sites (tertiary alicyclic amines) is 1. The van der Waals surface area contributed by atoms with E-state index in [9.17, 15) is 19.5 Å². The Morgan fingerprint density at radius 3 is 2.31 bits per heavy atom. The molecule has 2 heterocycles. The van der Waals surface area contributed by atoms with Crippen LogP contribution in [-0.2, 0) is 14.3 Å². The number of nitrogens with zero attached hydrogens (tertiary/aromatic N) is 3. The Hall–Kier alpha value is -4.41. The topological polar surface area (TPSA) is 140 Å². The van der Waals surface area contributed by atoms with Crippen molar-refractivity contribution < 1.29 is 33.7 Å². The Bertz CT molecular complexity index is 1460. The SMILES string of the molecule is COc1ccc2nc(-c3ccccc3)nc(OC3CC(C(=O)O)N(C(=O)C(NC(=O)OC(C)(C)C)C(C)(C)C)C3)c2c1. The number of rotatable bonds is 7. The average Bonchev–Trinajstić information content (AvgIpc) is 3.34. The fraction of sp³-hybridized carbons (Fsp3) is 0.452. The zero-order chi connectivity index (χ0) is 30.8. The molecule has 1 fully saturated rings. The van der Waals surface area contributed by atoms with Gasteiger partial charge < -0.3 is 29.5 Å². The maximum atomic E-state index is 13.8. The van der Waals surface area contributed by atoms with Crippen LogP contribution in [0.3, 0.4) is 0 Å². The van der Waals surface area contributed by atoms with Crippen molar-refractivity contribution in [3.05, 3.63) is 48.5 Å². The molecule has 1 aromatic heterocycles. The molecule has 11 heteroatoms. The van der Waals surface area contributed by atoms with E-state index < -0.39 is 47.2 Å². The standard InChI is InChI=1S/C31H38N4O7/c1-30(2,3)24(33-29(39)42-31(4,5)6)27(36)35-17-20(16-23(35)28(37)38)41-26-21-15-19(40-7)13-14-22(21)32-25(34-26)18-11-9-8-10-12-18/h8-15,20,23-24H,16-17H2,1-7H3,(H,33,39)(H,37,38). The molecule has 11 nitrogen and oxygen atoms in total. The number of amides is 2. The summed E-state index contributed by atoms with van der Waals surface area (Å²) < 4.78 is 17.1. The molecule has 1 aliphatic heterocycles. The Kier molecular flexibility index (Phi) is 8.60. The first kappa shape index (κ1) is 30.5. The summed E-state index contributed by atoms with van der Waals surface area (Å²) >= 11 is 0. The highest BCUT2D eigenvalue weighted by Crippen LogP contribution is 2.33. The van der Waals surface area contributed by atoms with Crippen LogP contribution in [0.15, 0.2) is 48.5 Å². The first-order valence-corrected chi connectivity index (χ1v) is 13.8. The van der Waals surface area contributed by atoms with E-state index in [2.05, 4.69) is 15.3 Å². The number of hydrogen-bond donors (Lipinski definition) is 2. The third-order valence-corrected chi connectivity index (χ3v) is 6.78. The molecule has 0 spiro atoms. The molecule has 1 saturated heterocycles. The molecule has 3 atom stereocenters. The minimum Gasteiger partial charge on any atom is -0.497 e. The van der Waals surface area contributed by atoms with Gasteiger partial charge in [0, 0.05) is 12.0 Å². The number of hydrogen-bond acceptors (Lipinski definition) is 8. The van der Waals surface area contributed by atoms with Crippen LogP contribution in [0.4, 0.5) is 4.79 Å². The molecule has 42 heavy (non-hydrogen) atoms. The number of ether oxygens (including phenoxy) is 3. The molecule has 0 aliphatic carbocycles. The van der Waals surface area contributed by atoms with Gasteiger partial charge in [-0.15, -0.1) is 0 Å². The summed E-state index contributed by atoms with van der Waals surface area (Å²) in [7, 11) is 1.55. The van der Waals surface area contributed by atoms with Gasteiger partial charge in [0.25, 0.3) is 0 Å². The summed E-state index contributed by atoms with van der Waals surface area (Å²) in [5.41, 5.74) is -0.101. The van der Waals surface area contributed by atoms with E-state index in [1.54, 1.807) is 66.9 Å². The zero-order valence-electron chi connectivity index (χ0n) is 25.0. The summed E-state index contributed by atoms with van der Waals surface area (Å²) in [6.45, 7) is 10.5. The van der Waals surface area contributed by atoms with Gasteiger partial charge in [-0.25, -0.2) is 14.6 Å². The highest BCUT2D eigenvalue weighted by Gasteiger charge is 2.46. The summed E-state index contributed by atoms with van der Waals surface area (Å²) in [5.74, 6) is -0.431. The van der Waals surface area contributed by atoms with Crippen LogP contribution >= 0.6 is 0 Å². The Balaban J connectivity index is 1.65. The summed E-state index contributed by atoms with van der Waals surface area (Å²) in [5, 5.41) is 13.3. The number of carboxylic acids is 1. The molecule has 224 valence electrons. The number of methoxy groups -OCH3 is 1. The lowest BCUT2D eigenvalue weighted by molar-refractivity contribution is -0.150. The van der Waals surface area contributed by atoms with E-state index >= 15 is 0 Å². The number of carbonyl (C=O) groups excluding carboxylic acids is 2. The number of fused-ring (bicyclic) bond motifs is 1. The maximum absolute atomic E-state index is 13.8. The van der Waals surface area contributed by atoms with Gasteiger partial charge in [-0.05, 0) is 44.4 Å². The van der Waals surface area contributed by atoms with Crippen molar-refractivity contribution in [3.63, 3.8) is 0 Å². The van der Waals surface area contributed by atoms with E-state index in [4.69, 9.17) is 14.2 Å². The van der Waals surface area contributed by atoms with Gasteiger partial charge in [-0.1, -0.05) is 51.1 Å². The molecule has 0 saturated carbocycles. The van der Waals surface area contributed by atoms with E-state index in [0.717, 1.165) is 5.56 Å². The van der Waals surface area contributed by atoms with Gasteiger partial charge in [0.2, 0.25) is 11.8 Å². The summed E-state index contributed by atoms with van der Waals surface area (Å²) in [6.07, 6.45) is -1.42. The van der Waals surface area contributed by atoms with Crippen LogP contribution in [0.25, 0.3) is 22.3 Å². The van der Waals surface area contributed by atoms with Gasteiger partial charge in [0.15, 0.2) is 5.82 Å². The van der Waals surface area contributed by atoms with E-state index in [-0.39, 0.29) is 18.8 Å². The monoisotopic (exact) mass is 578 g/mol. The second-order valence-electron chi connectivity index (χ2n) is 12.4. The van der Waals surface area contributed by atoms with Crippen LogP contribution in [0.2, 0.25) is 0 Å². The van der Waals surface area contributed by atoms with Crippen molar-refractivity contribution >= 4 is 28.9 Å². The molecule has 3 unspecified atom stereocenters. The van der Waals surface area contributed by atoms with Crippen LogP contribution in [0, 0.1) is 5.41 Å². The number of benzene rings is 2. The van der Waals surface area contributed by atoms with Crippen molar-refractivity contribution in [2.75, 3.05) is 13.7 Å². The van der Waals surface area contributed by atoms with Gasteiger partial charge in [0.1, 0.15) is 29.5 Å². The molecule has 2 amide bonds. The normalized spacial score (nSPS) is 17.9. The molecule has 4 rings (SSSR count). The molecule has 2 N–H and O–H groups in total. The highest BCUT2D eigenvalue weighted by atomic mass is 16.6. The van der Waals surface area contributed by atoms with Crippen molar-refractivity contribution in [3.8, 4) is 23.0 Å². The lowest BCUT2D eigenvalue weighted by Crippen LogP contribution is -2.57. The van der Waals surface area contributed by atoms with Gasteiger partial charge in [-0.3, -0.25) is 4.79 Å². The van der Waals surface area contributed by atoms with E-state index in [1.807, 2.05) is 30.3 Å². The number of aromatic nitrogens is 2. The molecular formula is C31H38N4O7. The predicted octanol–water partition coefficient (Wildman–Crippen LogP) is 4.68. The van der Waals surface area contributed by atoms with Gasteiger partial charge in [0.05, 0.1) is 24.6 Å². The lowest BCUT2D eigenvalue weighted by Gasteiger charge is -2.35. The lowest BCUT2D eigenvalue weighted by atomic mass is 9.85. The van der Waals surface area contributed by atoms with Gasteiger partial charge in [-0.2, -0.15) is 4.98 Å². The van der Waals surface area contributed by atoms with Crippen LogP contribution in [-0.4, -0.2) is 75.4 Å². The fourth-order valence-corrected chi connectivity index (χ4v) is 4.77. The third-order valence-electron chi connectivity index (χ3n) is 6.78. The van der Waals surface area contributed by atoms with Crippen molar-refractivity contribution in [1.82, 2.24) is 20.2 Å². The Morgan fingerprint density at radius 1 is 1.02 bits per heavy atom. The van der Waals surface area contributed by atoms with Gasteiger partial charge >= 0.3 is 12.1 Å². The van der Waals surface area contributed by atoms with E-state index in [0.29, 0.717) is 22.5 Å². The molecule has 3 aromatic rings. The predicted molar refractivity (Wildman–Crippen MR) is 156 cm³/mol. The minimum atomic E-state index is -1.17. The minimum absolute atomic E-state index is 0.0193. The van der Waals surface area contributed by atoms with Crippen molar-refractivity contribution in [1.29, 1.82) is 0 Å².